The Morgan fingerprint density at radius 3 is 2.81 bits per heavy atom. The molecule has 1 aliphatic rings. The van der Waals surface area contributed by atoms with Gasteiger partial charge >= 0.3 is 6.03 Å². The van der Waals surface area contributed by atoms with E-state index in [1.165, 1.54) is 7.05 Å². The number of hydrogen-bond acceptors (Lipinski definition) is 6. The van der Waals surface area contributed by atoms with Crippen LogP contribution in [0.25, 0.3) is 5.57 Å². The molecule has 2 N–H and O–H groups in total. The molecule has 8 nitrogen and oxygen atoms in total. The number of amides is 2. The lowest BCUT2D eigenvalue weighted by Gasteiger charge is -2.18. The molecule has 0 bridgehead atoms. The summed E-state index contributed by atoms with van der Waals surface area (Å²) in [4.78, 5) is 20.0. The number of hydrogen-bond donors (Lipinski definition) is 2. The number of rotatable bonds is 5. The van der Waals surface area contributed by atoms with Crippen molar-refractivity contribution < 1.29 is 19.0 Å². The number of urea groups is 1. The first kappa shape index (κ1) is 17.7. The number of anilines is 1. The van der Waals surface area contributed by atoms with E-state index in [-0.39, 0.29) is 6.03 Å². The van der Waals surface area contributed by atoms with E-state index in [4.69, 9.17) is 14.2 Å². The monoisotopic (exact) mass is 356 g/mol. The van der Waals surface area contributed by atoms with Crippen molar-refractivity contribution in [3.8, 4) is 17.2 Å². The molecule has 3 rings (SSSR count). The summed E-state index contributed by atoms with van der Waals surface area (Å²) in [5.41, 5.74) is 1.93. The van der Waals surface area contributed by atoms with Gasteiger partial charge in [0.05, 0.1) is 32.7 Å². The second-order valence-corrected chi connectivity index (χ2v) is 5.49. The fourth-order valence-electron chi connectivity index (χ4n) is 2.47. The van der Waals surface area contributed by atoms with Crippen molar-refractivity contribution in [2.75, 3.05) is 32.7 Å². The molecule has 0 spiro atoms. The third-order valence-corrected chi connectivity index (χ3v) is 3.80. The van der Waals surface area contributed by atoms with E-state index in [0.29, 0.717) is 36.3 Å². The van der Waals surface area contributed by atoms with Gasteiger partial charge < -0.3 is 19.5 Å². The van der Waals surface area contributed by atoms with Gasteiger partial charge in [0.2, 0.25) is 0 Å². The number of methoxy groups -OCH3 is 1. The molecule has 2 aromatic rings. The second-order valence-electron chi connectivity index (χ2n) is 5.49. The van der Waals surface area contributed by atoms with Gasteiger partial charge in [-0.15, -0.1) is 0 Å². The van der Waals surface area contributed by atoms with Crippen molar-refractivity contribution in [2.45, 2.75) is 6.42 Å². The van der Waals surface area contributed by atoms with Crippen LogP contribution >= 0.6 is 0 Å². The van der Waals surface area contributed by atoms with Gasteiger partial charge in [-0.05, 0) is 12.0 Å². The number of carbonyl (C=O) groups is 1. The van der Waals surface area contributed by atoms with Crippen molar-refractivity contribution in [3.05, 3.63) is 42.4 Å². The first-order valence-corrected chi connectivity index (χ1v) is 8.12. The standard InChI is InChI=1S/C18H20N4O4/c1-19-18(23)22-17-8-16(26-14-7-13(24-2)9-20-10-14)15(11-21-17)12-3-5-25-6-4-12/h3,7-11H,4-6H2,1-2H3,(H2,19,21,22,23). The van der Waals surface area contributed by atoms with Crippen LogP contribution < -0.4 is 20.1 Å². The summed E-state index contributed by atoms with van der Waals surface area (Å²) in [5.74, 6) is 2.06. The molecule has 0 saturated heterocycles. The normalized spacial score (nSPS) is 13.5. The fourth-order valence-corrected chi connectivity index (χ4v) is 2.47. The van der Waals surface area contributed by atoms with E-state index in [1.807, 2.05) is 6.08 Å². The SMILES string of the molecule is CNC(=O)Nc1cc(Oc2cncc(OC)c2)c(C2=CCOCC2)cn1. The predicted octanol–water partition coefficient (Wildman–Crippen LogP) is 2.83. The molecule has 26 heavy (non-hydrogen) atoms. The van der Waals surface area contributed by atoms with Crippen LogP contribution in [0.3, 0.4) is 0 Å². The van der Waals surface area contributed by atoms with Crippen LogP contribution in [-0.4, -0.2) is 43.4 Å². The van der Waals surface area contributed by atoms with Gasteiger partial charge in [0.1, 0.15) is 23.1 Å². The topological polar surface area (TPSA) is 94.6 Å². The maximum absolute atomic E-state index is 11.6. The molecule has 1 aliphatic heterocycles. The van der Waals surface area contributed by atoms with Crippen LogP contribution in [-0.2, 0) is 4.74 Å². The highest BCUT2D eigenvalue weighted by atomic mass is 16.5. The molecule has 0 fully saturated rings. The highest BCUT2D eigenvalue weighted by Gasteiger charge is 2.15. The molecule has 8 heteroatoms. The molecule has 0 unspecified atom stereocenters. The molecule has 2 amide bonds. The molecule has 2 aromatic heterocycles. The zero-order chi connectivity index (χ0) is 18.4. The summed E-state index contributed by atoms with van der Waals surface area (Å²) in [6.45, 7) is 1.19. The van der Waals surface area contributed by atoms with E-state index < -0.39 is 0 Å². The Morgan fingerprint density at radius 1 is 1.23 bits per heavy atom. The van der Waals surface area contributed by atoms with E-state index in [2.05, 4.69) is 20.6 Å². The van der Waals surface area contributed by atoms with Gasteiger partial charge in [0, 0.05) is 30.9 Å². The van der Waals surface area contributed by atoms with Gasteiger partial charge in [-0.3, -0.25) is 10.3 Å². The predicted molar refractivity (Wildman–Crippen MR) is 96.6 cm³/mol. The zero-order valence-corrected chi connectivity index (χ0v) is 14.6. The number of ether oxygens (including phenoxy) is 3. The molecule has 0 saturated carbocycles. The lowest BCUT2D eigenvalue weighted by Crippen LogP contribution is -2.25. The molecule has 0 aromatic carbocycles. The number of nitrogens with zero attached hydrogens (tertiary/aromatic N) is 2. The molecule has 0 aliphatic carbocycles. The van der Waals surface area contributed by atoms with Crippen LogP contribution in [0.4, 0.5) is 10.6 Å². The fraction of sp³-hybridized carbons (Fsp3) is 0.278. The van der Waals surface area contributed by atoms with Gasteiger partial charge in [-0.1, -0.05) is 6.08 Å². The van der Waals surface area contributed by atoms with Crippen LogP contribution in [0, 0.1) is 0 Å². The number of pyridine rings is 2. The first-order chi connectivity index (χ1) is 12.7. The highest BCUT2D eigenvalue weighted by Crippen LogP contribution is 2.34. The van der Waals surface area contributed by atoms with Crippen molar-refractivity contribution in [1.29, 1.82) is 0 Å². The van der Waals surface area contributed by atoms with Gasteiger partial charge in [0.15, 0.2) is 0 Å². The minimum atomic E-state index is -0.357. The molecule has 3 heterocycles. The summed E-state index contributed by atoms with van der Waals surface area (Å²) < 4.78 is 16.6. The number of carbonyl (C=O) groups excluding carboxylic acids is 1. The van der Waals surface area contributed by atoms with E-state index in [9.17, 15) is 4.79 Å². The average Bonchev–Trinajstić information content (AvgIpc) is 2.69. The Labute approximate surface area is 151 Å². The van der Waals surface area contributed by atoms with Gasteiger partial charge in [0.25, 0.3) is 0 Å². The molecule has 136 valence electrons. The van der Waals surface area contributed by atoms with E-state index in [0.717, 1.165) is 17.6 Å². The smallest absolute Gasteiger partial charge is 0.320 e. The van der Waals surface area contributed by atoms with Gasteiger partial charge in [-0.25, -0.2) is 9.78 Å². The second kappa shape index (κ2) is 8.30. The molecule has 0 radical (unpaired) electrons. The minimum absolute atomic E-state index is 0.357. The summed E-state index contributed by atoms with van der Waals surface area (Å²) in [5, 5.41) is 5.14. The molecular formula is C18H20N4O4. The van der Waals surface area contributed by atoms with E-state index >= 15 is 0 Å². The van der Waals surface area contributed by atoms with Crippen LogP contribution in [0.15, 0.2) is 36.8 Å². The summed E-state index contributed by atoms with van der Waals surface area (Å²) in [6.07, 6.45) is 7.64. The van der Waals surface area contributed by atoms with Crippen LogP contribution in [0.1, 0.15) is 12.0 Å². The van der Waals surface area contributed by atoms with Crippen molar-refractivity contribution in [1.82, 2.24) is 15.3 Å². The Kier molecular flexibility index (Phi) is 5.65. The maximum atomic E-state index is 11.6. The van der Waals surface area contributed by atoms with E-state index in [1.54, 1.807) is 37.8 Å². The zero-order valence-electron chi connectivity index (χ0n) is 14.6. The quantitative estimate of drug-likeness (QED) is 0.855. The first-order valence-electron chi connectivity index (χ1n) is 8.12. The third kappa shape index (κ3) is 4.28. The van der Waals surface area contributed by atoms with Crippen LogP contribution in [0.5, 0.6) is 17.2 Å². The van der Waals surface area contributed by atoms with Crippen molar-refractivity contribution in [3.63, 3.8) is 0 Å². The number of nitrogens with one attached hydrogen (secondary N) is 2. The largest absolute Gasteiger partial charge is 0.495 e. The summed E-state index contributed by atoms with van der Waals surface area (Å²) in [7, 11) is 3.10. The Morgan fingerprint density at radius 2 is 2.08 bits per heavy atom. The van der Waals surface area contributed by atoms with Crippen LogP contribution in [0.2, 0.25) is 0 Å². The Hall–Kier alpha value is -3.13. The third-order valence-electron chi connectivity index (χ3n) is 3.80. The van der Waals surface area contributed by atoms with Crippen molar-refractivity contribution in [2.24, 2.45) is 0 Å². The average molecular weight is 356 g/mol. The lowest BCUT2D eigenvalue weighted by molar-refractivity contribution is 0.161. The van der Waals surface area contributed by atoms with Crippen molar-refractivity contribution >= 4 is 17.4 Å². The molecule has 0 atom stereocenters. The minimum Gasteiger partial charge on any atom is -0.495 e. The molecular weight excluding hydrogens is 336 g/mol. The Bertz CT molecular complexity index is 823. The maximum Gasteiger partial charge on any atom is 0.320 e. The lowest BCUT2D eigenvalue weighted by atomic mass is 10.0. The van der Waals surface area contributed by atoms with Gasteiger partial charge in [-0.2, -0.15) is 0 Å². The highest BCUT2D eigenvalue weighted by molar-refractivity contribution is 5.88. The Balaban J connectivity index is 1.95. The summed E-state index contributed by atoms with van der Waals surface area (Å²) in [6, 6.07) is 3.06. The number of aromatic nitrogens is 2. The summed E-state index contributed by atoms with van der Waals surface area (Å²) >= 11 is 0.